The van der Waals surface area contributed by atoms with E-state index < -0.39 is 5.91 Å². The molecule has 2 N–H and O–H groups in total. The van der Waals surface area contributed by atoms with Crippen LogP contribution in [0.4, 0.5) is 5.69 Å². The molecule has 0 aliphatic rings. The van der Waals surface area contributed by atoms with Crippen LogP contribution >= 0.6 is 22.9 Å². The first-order valence-corrected chi connectivity index (χ1v) is 11.1. The van der Waals surface area contributed by atoms with Crippen molar-refractivity contribution in [3.63, 3.8) is 0 Å². The highest BCUT2D eigenvalue weighted by Crippen LogP contribution is 2.19. The highest BCUT2D eigenvalue weighted by Gasteiger charge is 2.14. The number of hydrogen-bond acceptors (Lipinski definition) is 7. The molecule has 166 valence electrons. The lowest BCUT2D eigenvalue weighted by Crippen LogP contribution is -2.23. The molecule has 2 aromatic heterocycles. The quantitative estimate of drug-likeness (QED) is 0.389. The Bertz CT molecular complexity index is 1230. The van der Waals surface area contributed by atoms with Crippen LogP contribution in [0.25, 0.3) is 0 Å². The summed E-state index contributed by atoms with van der Waals surface area (Å²) in [6, 6.07) is 19.0. The lowest BCUT2D eigenvalue weighted by molar-refractivity contribution is 0.0950. The number of rotatable bonds is 8. The number of aromatic nitrogens is 3. The lowest BCUT2D eigenvalue weighted by atomic mass is 10.2. The Morgan fingerprint density at radius 1 is 0.939 bits per heavy atom. The first-order valence-electron chi connectivity index (χ1n) is 9.87. The minimum Gasteiger partial charge on any atom is -0.486 e. The summed E-state index contributed by atoms with van der Waals surface area (Å²) in [5, 5.41) is 14.9. The average molecular weight is 480 g/mol. The number of carbonyl (C=O) groups excluding carboxylic acids is 2. The molecule has 0 aliphatic heterocycles. The van der Waals surface area contributed by atoms with Crippen LogP contribution in [-0.4, -0.2) is 27.0 Å². The van der Waals surface area contributed by atoms with Gasteiger partial charge in [0.15, 0.2) is 5.01 Å². The van der Waals surface area contributed by atoms with E-state index in [0.29, 0.717) is 33.6 Å². The molecule has 0 spiro atoms. The Morgan fingerprint density at radius 3 is 2.45 bits per heavy atom. The summed E-state index contributed by atoms with van der Waals surface area (Å²) in [6.45, 7) is 0.522. The molecule has 0 saturated heterocycles. The molecule has 0 bridgehead atoms. The number of nitrogens with zero attached hydrogens (tertiary/aromatic N) is 3. The van der Waals surface area contributed by atoms with Crippen molar-refractivity contribution in [1.29, 1.82) is 0 Å². The predicted octanol–water partition coefficient (Wildman–Crippen LogP) is 4.35. The van der Waals surface area contributed by atoms with Crippen LogP contribution in [-0.2, 0) is 13.2 Å². The summed E-state index contributed by atoms with van der Waals surface area (Å²) in [5.74, 6) is 0.0235. The zero-order valence-electron chi connectivity index (χ0n) is 17.2. The maximum Gasteiger partial charge on any atom is 0.286 e. The van der Waals surface area contributed by atoms with E-state index >= 15 is 0 Å². The smallest absolute Gasteiger partial charge is 0.286 e. The summed E-state index contributed by atoms with van der Waals surface area (Å²) < 4.78 is 5.62. The van der Waals surface area contributed by atoms with Crippen molar-refractivity contribution in [1.82, 2.24) is 20.5 Å². The van der Waals surface area contributed by atoms with Gasteiger partial charge < -0.3 is 15.4 Å². The van der Waals surface area contributed by atoms with Crippen LogP contribution in [0.15, 0.2) is 72.9 Å². The van der Waals surface area contributed by atoms with Gasteiger partial charge in [-0.25, -0.2) is 0 Å². The van der Waals surface area contributed by atoms with Gasteiger partial charge in [-0.3, -0.25) is 14.6 Å². The summed E-state index contributed by atoms with van der Waals surface area (Å²) in [7, 11) is 0. The fourth-order valence-electron chi connectivity index (χ4n) is 2.74. The van der Waals surface area contributed by atoms with Crippen LogP contribution in [0.1, 0.15) is 30.9 Å². The molecule has 0 unspecified atom stereocenters. The van der Waals surface area contributed by atoms with E-state index in [1.807, 2.05) is 18.2 Å². The van der Waals surface area contributed by atoms with Crippen molar-refractivity contribution in [3.05, 3.63) is 99.2 Å². The number of pyridine rings is 1. The van der Waals surface area contributed by atoms with Crippen molar-refractivity contribution in [3.8, 4) is 5.75 Å². The van der Waals surface area contributed by atoms with E-state index in [1.165, 1.54) is 0 Å². The highest BCUT2D eigenvalue weighted by atomic mass is 35.5. The van der Waals surface area contributed by atoms with Gasteiger partial charge in [0.05, 0.1) is 12.2 Å². The molecule has 2 aromatic carbocycles. The maximum absolute atomic E-state index is 12.5. The molecule has 2 heterocycles. The molecule has 4 rings (SSSR count). The Morgan fingerprint density at radius 2 is 1.73 bits per heavy atom. The number of ether oxygens (including phenoxy) is 1. The van der Waals surface area contributed by atoms with Gasteiger partial charge in [0.1, 0.15) is 12.4 Å². The van der Waals surface area contributed by atoms with Crippen LogP contribution < -0.4 is 15.4 Å². The monoisotopic (exact) mass is 479 g/mol. The van der Waals surface area contributed by atoms with Gasteiger partial charge in [-0.15, -0.1) is 10.2 Å². The molecule has 0 aliphatic carbocycles. The zero-order valence-corrected chi connectivity index (χ0v) is 18.8. The number of nitrogens with one attached hydrogen (secondary N) is 2. The largest absolute Gasteiger partial charge is 0.486 e. The normalized spacial score (nSPS) is 10.5. The third-order valence-electron chi connectivity index (χ3n) is 4.40. The van der Waals surface area contributed by atoms with E-state index in [4.69, 9.17) is 16.3 Å². The second kappa shape index (κ2) is 10.7. The number of benzene rings is 2. The summed E-state index contributed by atoms with van der Waals surface area (Å²) in [5.41, 5.74) is 1.78. The third-order valence-corrected chi connectivity index (χ3v) is 5.55. The third kappa shape index (κ3) is 6.34. The van der Waals surface area contributed by atoms with Crippen molar-refractivity contribution in [2.75, 3.05) is 5.32 Å². The van der Waals surface area contributed by atoms with Gasteiger partial charge in [-0.1, -0.05) is 29.0 Å². The van der Waals surface area contributed by atoms with E-state index in [-0.39, 0.29) is 17.5 Å². The minimum absolute atomic E-state index is 0.189. The molecule has 0 fully saturated rings. The second-order valence-electron chi connectivity index (χ2n) is 6.78. The molecule has 0 atom stereocenters. The first-order chi connectivity index (χ1) is 16.1. The molecule has 33 heavy (non-hydrogen) atoms. The molecule has 0 saturated carbocycles. The fourth-order valence-corrected chi connectivity index (χ4v) is 3.52. The van der Waals surface area contributed by atoms with Crippen LogP contribution in [0.3, 0.4) is 0 Å². The number of amides is 2. The Hall–Kier alpha value is -3.82. The van der Waals surface area contributed by atoms with Crippen molar-refractivity contribution < 1.29 is 14.3 Å². The van der Waals surface area contributed by atoms with E-state index in [9.17, 15) is 9.59 Å². The minimum atomic E-state index is -0.391. The topological polar surface area (TPSA) is 106 Å². The van der Waals surface area contributed by atoms with Gasteiger partial charge in [0.2, 0.25) is 5.01 Å². The van der Waals surface area contributed by atoms with Crippen molar-refractivity contribution >= 4 is 40.4 Å². The van der Waals surface area contributed by atoms with E-state index in [2.05, 4.69) is 25.8 Å². The van der Waals surface area contributed by atoms with Gasteiger partial charge in [-0.05, 0) is 60.7 Å². The van der Waals surface area contributed by atoms with Gasteiger partial charge in [0, 0.05) is 22.5 Å². The molecule has 0 radical (unpaired) electrons. The zero-order chi connectivity index (χ0) is 23.0. The van der Waals surface area contributed by atoms with Crippen molar-refractivity contribution in [2.45, 2.75) is 13.2 Å². The van der Waals surface area contributed by atoms with Crippen LogP contribution in [0.2, 0.25) is 5.02 Å². The predicted molar refractivity (Wildman–Crippen MR) is 125 cm³/mol. The summed E-state index contributed by atoms with van der Waals surface area (Å²) in [4.78, 5) is 28.9. The second-order valence-corrected chi connectivity index (χ2v) is 8.28. The molecule has 8 nitrogen and oxygen atoms in total. The number of carbonyl (C=O) groups is 2. The molecule has 4 aromatic rings. The molecule has 2 amide bonds. The molecular formula is C23H18ClN5O3S. The van der Waals surface area contributed by atoms with Crippen molar-refractivity contribution in [2.24, 2.45) is 0 Å². The van der Waals surface area contributed by atoms with Gasteiger partial charge >= 0.3 is 0 Å². The van der Waals surface area contributed by atoms with Gasteiger partial charge in [0.25, 0.3) is 11.8 Å². The summed E-state index contributed by atoms with van der Waals surface area (Å²) >= 11 is 6.99. The molecule has 10 heteroatoms. The fraction of sp³-hybridized carbons (Fsp3) is 0.0870. The van der Waals surface area contributed by atoms with Gasteiger partial charge in [-0.2, -0.15) is 0 Å². The van der Waals surface area contributed by atoms with E-state index in [1.54, 1.807) is 54.7 Å². The first kappa shape index (κ1) is 22.4. The highest BCUT2D eigenvalue weighted by molar-refractivity contribution is 7.13. The Labute approximate surface area is 198 Å². The number of halogens is 1. The number of anilines is 1. The SMILES string of the molecule is O=C(NCc1ccccn1)c1ccc(NC(=O)c2nnc(COc3ccc(Cl)cc3)s2)cc1. The maximum atomic E-state index is 12.5. The number of hydrogen-bond donors (Lipinski definition) is 2. The lowest BCUT2D eigenvalue weighted by Gasteiger charge is -2.06. The average Bonchev–Trinajstić information content (AvgIpc) is 3.33. The van der Waals surface area contributed by atoms with Crippen LogP contribution in [0, 0.1) is 0 Å². The standard InChI is InChI=1S/C23H18ClN5O3S/c24-16-6-10-19(11-7-16)32-14-20-28-29-23(33-20)22(31)27-17-8-4-15(5-9-17)21(30)26-13-18-3-1-2-12-25-18/h1-12H,13-14H2,(H,26,30)(H,27,31). The Kier molecular flexibility index (Phi) is 7.23. The summed E-state index contributed by atoms with van der Waals surface area (Å²) in [6.07, 6.45) is 1.67. The van der Waals surface area contributed by atoms with Crippen LogP contribution in [0.5, 0.6) is 5.75 Å². The van der Waals surface area contributed by atoms with E-state index in [0.717, 1.165) is 17.0 Å². The molecular weight excluding hydrogens is 462 g/mol. The Balaban J connectivity index is 1.28.